The largest absolute Gasteiger partial charge is 0.368 e. The van der Waals surface area contributed by atoms with Crippen molar-refractivity contribution in [1.29, 1.82) is 0 Å². The Morgan fingerprint density at radius 1 is 0.615 bits per heavy atom. The van der Waals surface area contributed by atoms with Crippen LogP contribution in [0.5, 0.6) is 0 Å². The van der Waals surface area contributed by atoms with Gasteiger partial charge in [0.2, 0.25) is 0 Å². The van der Waals surface area contributed by atoms with Gasteiger partial charge in [0, 0.05) is 103 Å². The SMILES string of the molecule is Clc1cncc(Cl)c1N1CCCNCC1.O=S(=O)(Cl)Cl.O=S(=O)(Cl)N1CCCN(c2c(Cl)cncc2Cl)CC1. The summed E-state index contributed by atoms with van der Waals surface area (Å²) >= 11 is 24.4. The van der Waals surface area contributed by atoms with Crippen molar-refractivity contribution in [2.24, 2.45) is 0 Å². The minimum Gasteiger partial charge on any atom is -0.368 e. The zero-order valence-electron chi connectivity index (χ0n) is 20.2. The molecule has 0 saturated carbocycles. The van der Waals surface area contributed by atoms with Crippen molar-refractivity contribution >= 4 is 107 Å². The normalized spacial score (nSPS) is 17.2. The molecule has 39 heavy (non-hydrogen) atoms. The molecule has 4 heterocycles. The van der Waals surface area contributed by atoms with Crippen LogP contribution in [-0.4, -0.2) is 83.5 Å². The van der Waals surface area contributed by atoms with Crippen LogP contribution in [-0.2, 0) is 17.5 Å². The number of pyridine rings is 2. The van der Waals surface area contributed by atoms with Gasteiger partial charge in [-0.25, -0.2) is 0 Å². The van der Waals surface area contributed by atoms with Crippen LogP contribution in [0.25, 0.3) is 0 Å². The fraction of sp³-hybridized carbons (Fsp3) is 0.500. The summed E-state index contributed by atoms with van der Waals surface area (Å²) in [5.41, 5.74) is 1.60. The van der Waals surface area contributed by atoms with E-state index >= 15 is 0 Å². The lowest BCUT2D eigenvalue weighted by Gasteiger charge is -2.24. The second kappa shape index (κ2) is 16.4. The number of nitrogens with one attached hydrogen (secondary N) is 1. The van der Waals surface area contributed by atoms with Gasteiger partial charge in [-0.15, -0.1) is 0 Å². The Morgan fingerprint density at radius 2 is 1.05 bits per heavy atom. The van der Waals surface area contributed by atoms with Gasteiger partial charge < -0.3 is 15.1 Å². The molecule has 0 radical (unpaired) electrons. The summed E-state index contributed by atoms with van der Waals surface area (Å²) in [7, 11) is 6.50. The van der Waals surface area contributed by atoms with Gasteiger partial charge in [-0.2, -0.15) is 21.1 Å². The van der Waals surface area contributed by atoms with E-state index in [1.807, 2.05) is 4.90 Å². The van der Waals surface area contributed by atoms with E-state index in [0.29, 0.717) is 58.4 Å². The zero-order chi connectivity index (χ0) is 29.2. The fourth-order valence-electron chi connectivity index (χ4n) is 3.82. The maximum Gasteiger partial charge on any atom is 0.317 e. The molecule has 2 saturated heterocycles. The summed E-state index contributed by atoms with van der Waals surface area (Å²) < 4.78 is 42.2. The Balaban J connectivity index is 0.000000238. The van der Waals surface area contributed by atoms with Gasteiger partial charge in [0.15, 0.2) is 0 Å². The number of nitrogens with zero attached hydrogens (tertiary/aromatic N) is 5. The molecule has 10 nitrogen and oxygen atoms in total. The van der Waals surface area contributed by atoms with Crippen molar-refractivity contribution in [3.8, 4) is 0 Å². The average molecular weight is 726 g/mol. The van der Waals surface area contributed by atoms with E-state index in [1.54, 1.807) is 12.4 Å². The highest BCUT2D eigenvalue weighted by atomic mass is 36.0. The minimum atomic E-state index is -3.72. The number of hydrogen-bond donors (Lipinski definition) is 1. The van der Waals surface area contributed by atoms with Crippen molar-refractivity contribution in [3.63, 3.8) is 0 Å². The van der Waals surface area contributed by atoms with Gasteiger partial charge in [-0.05, 0) is 19.4 Å². The molecule has 0 spiro atoms. The van der Waals surface area contributed by atoms with E-state index in [0.717, 1.165) is 38.3 Å². The zero-order valence-corrected chi connectivity index (χ0v) is 27.1. The molecule has 2 aliphatic heterocycles. The molecule has 19 heteroatoms. The molecule has 4 rings (SSSR count). The predicted molar refractivity (Wildman–Crippen MR) is 162 cm³/mol. The van der Waals surface area contributed by atoms with E-state index in [1.165, 1.54) is 16.7 Å². The molecule has 0 atom stereocenters. The number of aromatic nitrogens is 2. The highest BCUT2D eigenvalue weighted by Crippen LogP contribution is 2.34. The lowest BCUT2D eigenvalue weighted by molar-refractivity contribution is 0.444. The van der Waals surface area contributed by atoms with E-state index in [-0.39, 0.29) is 0 Å². The Hall–Kier alpha value is -0.250. The molecule has 2 aromatic heterocycles. The number of rotatable bonds is 3. The predicted octanol–water partition coefficient (Wildman–Crippen LogP) is 5.28. The summed E-state index contributed by atoms with van der Waals surface area (Å²) in [5.74, 6) is 0. The van der Waals surface area contributed by atoms with Crippen LogP contribution in [0.15, 0.2) is 24.8 Å². The Bertz CT molecular complexity index is 1250. The Morgan fingerprint density at radius 3 is 1.51 bits per heavy atom. The monoisotopic (exact) mass is 722 g/mol. The maximum atomic E-state index is 11.3. The van der Waals surface area contributed by atoms with E-state index in [4.69, 9.17) is 65.5 Å². The summed E-state index contributed by atoms with van der Waals surface area (Å²) in [4.78, 5) is 12.0. The Kier molecular flexibility index (Phi) is 14.7. The van der Waals surface area contributed by atoms with Crippen LogP contribution in [0.1, 0.15) is 12.8 Å². The minimum absolute atomic E-state index is 0.306. The standard InChI is InChI=1S/C10H12Cl3N3O2S.C10H13Cl2N3.Cl2O2S/c11-8-6-14-7-9(12)10(8)15-2-1-3-16(5-4-15)19(13,17)18;11-8-6-14-7-9(12)10(8)15-4-1-2-13-3-5-15;1-5(2,3)4/h6-7H,1-5H2;6-7,13H,1-5H2;. The Labute approximate surface area is 261 Å². The molecule has 2 aliphatic rings. The van der Waals surface area contributed by atoms with Crippen molar-refractivity contribution in [1.82, 2.24) is 19.6 Å². The van der Waals surface area contributed by atoms with E-state index in [2.05, 4.69) is 41.5 Å². The number of anilines is 2. The first-order chi connectivity index (χ1) is 18.2. The van der Waals surface area contributed by atoms with Crippen LogP contribution < -0.4 is 15.1 Å². The second-order valence-electron chi connectivity index (χ2n) is 8.05. The van der Waals surface area contributed by atoms with E-state index in [9.17, 15) is 8.42 Å². The molecule has 1 N–H and O–H groups in total. The molecular formula is C20H25Cl7N6O4S2. The van der Waals surface area contributed by atoms with Crippen molar-refractivity contribution < 1.29 is 16.8 Å². The molecule has 0 aliphatic carbocycles. The van der Waals surface area contributed by atoms with Crippen molar-refractivity contribution in [2.75, 3.05) is 62.2 Å². The van der Waals surface area contributed by atoms with Gasteiger partial charge in [-0.1, -0.05) is 46.4 Å². The van der Waals surface area contributed by atoms with Crippen LogP contribution in [0, 0.1) is 0 Å². The molecule has 0 amide bonds. The number of halogens is 7. The molecule has 2 aromatic rings. The maximum absolute atomic E-state index is 11.3. The van der Waals surface area contributed by atoms with Crippen molar-refractivity contribution in [3.05, 3.63) is 44.9 Å². The lowest BCUT2D eigenvalue weighted by atomic mass is 10.3. The van der Waals surface area contributed by atoms with Crippen LogP contribution in [0.2, 0.25) is 20.1 Å². The summed E-state index contributed by atoms with van der Waals surface area (Å²) in [6, 6.07) is 0. The summed E-state index contributed by atoms with van der Waals surface area (Å²) in [6.45, 7) is 5.77. The van der Waals surface area contributed by atoms with Crippen molar-refractivity contribution in [2.45, 2.75) is 12.8 Å². The third kappa shape index (κ3) is 12.7. The lowest BCUT2D eigenvalue weighted by Crippen LogP contribution is -2.32. The van der Waals surface area contributed by atoms with Gasteiger partial charge in [-0.3, -0.25) is 9.97 Å². The first-order valence-corrected chi connectivity index (χ1v) is 18.2. The topological polar surface area (TPSA) is 116 Å². The average Bonchev–Trinajstić information content (AvgIpc) is 3.22. The highest BCUT2D eigenvalue weighted by molar-refractivity contribution is 8.31. The molecule has 220 valence electrons. The molecule has 0 bridgehead atoms. The van der Waals surface area contributed by atoms with Gasteiger partial charge in [0.05, 0.1) is 31.5 Å². The molecule has 2 fully saturated rings. The quantitative estimate of drug-likeness (QED) is 0.422. The first kappa shape index (κ1) is 34.9. The smallest absolute Gasteiger partial charge is 0.317 e. The first-order valence-electron chi connectivity index (χ1n) is 11.3. The van der Waals surface area contributed by atoms with Crippen LogP contribution in [0.4, 0.5) is 11.4 Å². The van der Waals surface area contributed by atoms with Gasteiger partial charge in [0.1, 0.15) is 0 Å². The number of hydrogen-bond acceptors (Lipinski definition) is 9. The third-order valence-electron chi connectivity index (χ3n) is 5.39. The summed E-state index contributed by atoms with van der Waals surface area (Å²) in [6.07, 6.45) is 8.07. The molecule has 0 unspecified atom stereocenters. The highest BCUT2D eigenvalue weighted by Gasteiger charge is 2.25. The van der Waals surface area contributed by atoms with E-state index < -0.39 is 17.5 Å². The van der Waals surface area contributed by atoms with Gasteiger partial charge >= 0.3 is 8.26 Å². The van der Waals surface area contributed by atoms with Crippen LogP contribution >= 0.6 is 78.5 Å². The third-order valence-corrected chi connectivity index (χ3v) is 8.07. The van der Waals surface area contributed by atoms with Gasteiger partial charge in [0.25, 0.3) is 9.24 Å². The summed E-state index contributed by atoms with van der Waals surface area (Å²) in [5, 5.41) is 5.51. The molecular weight excluding hydrogens is 701 g/mol. The second-order valence-corrected chi connectivity index (χ2v) is 15.9. The van der Waals surface area contributed by atoms with Crippen LogP contribution in [0.3, 0.4) is 0 Å². The molecule has 0 aromatic carbocycles. The fourth-order valence-corrected chi connectivity index (χ4v) is 6.09.